The smallest absolute Gasteiger partial charge is 0.307 e. The number of carboxylic acids is 1. The summed E-state index contributed by atoms with van der Waals surface area (Å²) in [5.41, 5.74) is 1.23. The van der Waals surface area contributed by atoms with Gasteiger partial charge in [0.1, 0.15) is 6.07 Å². The van der Waals surface area contributed by atoms with Crippen molar-refractivity contribution in [3.8, 4) is 6.07 Å². The summed E-state index contributed by atoms with van der Waals surface area (Å²) in [5.74, 6) is -0.883. The molecule has 0 radical (unpaired) electrons. The molecule has 0 saturated carbocycles. The maximum atomic E-state index is 10.5. The van der Waals surface area contributed by atoms with Crippen molar-refractivity contribution in [3.63, 3.8) is 0 Å². The second kappa shape index (κ2) is 4.75. The normalized spacial score (nSPS) is 9.50. The van der Waals surface area contributed by atoms with Crippen LogP contribution in [0.4, 0.5) is 0 Å². The number of rotatable bonds is 2. The molecular weight excluding hydrogens is 361 g/mol. The van der Waals surface area contributed by atoms with Crippen molar-refractivity contribution in [1.82, 2.24) is 0 Å². The highest BCUT2D eigenvalue weighted by molar-refractivity contribution is 14.1. The third-order valence-corrected chi connectivity index (χ3v) is 3.23. The first kappa shape index (κ1) is 11.5. The molecule has 0 spiro atoms. The highest BCUT2D eigenvalue weighted by atomic mass is 127. The van der Waals surface area contributed by atoms with Crippen LogP contribution in [0.3, 0.4) is 0 Å². The van der Waals surface area contributed by atoms with Crippen molar-refractivity contribution in [3.05, 3.63) is 31.3 Å². The Labute approximate surface area is 103 Å². The van der Waals surface area contributed by atoms with Crippen molar-refractivity contribution >= 4 is 44.5 Å². The number of aliphatic carboxylic acids is 1. The van der Waals surface area contributed by atoms with Gasteiger partial charge in [0.05, 0.1) is 12.0 Å². The summed E-state index contributed by atoms with van der Waals surface area (Å²) in [6.07, 6.45) is -0.0394. The zero-order chi connectivity index (χ0) is 10.7. The highest BCUT2D eigenvalue weighted by Crippen LogP contribution is 2.23. The number of halogens is 2. The first-order chi connectivity index (χ1) is 6.54. The maximum Gasteiger partial charge on any atom is 0.307 e. The summed E-state index contributed by atoms with van der Waals surface area (Å²) in [5, 5.41) is 17.3. The van der Waals surface area contributed by atoms with Crippen LogP contribution in [0.25, 0.3) is 0 Å². The average molecular weight is 366 g/mol. The van der Waals surface area contributed by atoms with Crippen LogP contribution in [0.2, 0.25) is 0 Å². The van der Waals surface area contributed by atoms with E-state index in [4.69, 9.17) is 10.4 Å². The minimum absolute atomic E-state index is 0.0394. The fourth-order valence-electron chi connectivity index (χ4n) is 0.972. The molecule has 14 heavy (non-hydrogen) atoms. The third-order valence-electron chi connectivity index (χ3n) is 1.60. The van der Waals surface area contributed by atoms with Crippen molar-refractivity contribution < 1.29 is 9.90 Å². The van der Waals surface area contributed by atoms with Crippen LogP contribution in [-0.4, -0.2) is 11.1 Å². The lowest BCUT2D eigenvalue weighted by Gasteiger charge is -2.03. The number of nitrogens with zero attached hydrogens (tertiary/aromatic N) is 1. The Morgan fingerprint density at radius 2 is 2.29 bits per heavy atom. The molecule has 5 heteroatoms. The van der Waals surface area contributed by atoms with Crippen LogP contribution in [-0.2, 0) is 11.2 Å². The fraction of sp³-hybridized carbons (Fsp3) is 0.111. The summed E-state index contributed by atoms with van der Waals surface area (Å²) in [7, 11) is 0. The molecule has 1 aromatic rings. The van der Waals surface area contributed by atoms with Gasteiger partial charge in [-0.1, -0.05) is 15.9 Å². The summed E-state index contributed by atoms with van der Waals surface area (Å²) in [6.45, 7) is 0. The molecule has 0 aromatic heterocycles. The van der Waals surface area contributed by atoms with Gasteiger partial charge in [-0.25, -0.2) is 0 Å². The standard InChI is InChI=1S/C9H5BrINO2/c10-7-1-6(4-12)8(11)2-5(7)3-9(13)14/h1-2H,3H2,(H,13,14). The van der Waals surface area contributed by atoms with E-state index in [-0.39, 0.29) is 6.42 Å². The van der Waals surface area contributed by atoms with E-state index in [2.05, 4.69) is 15.9 Å². The zero-order valence-electron chi connectivity index (χ0n) is 6.92. The minimum atomic E-state index is -0.883. The number of carbonyl (C=O) groups is 1. The van der Waals surface area contributed by atoms with E-state index in [1.165, 1.54) is 0 Å². The molecule has 1 N–H and O–H groups in total. The van der Waals surface area contributed by atoms with Crippen molar-refractivity contribution in [1.29, 1.82) is 5.26 Å². The zero-order valence-corrected chi connectivity index (χ0v) is 10.7. The van der Waals surface area contributed by atoms with Gasteiger partial charge in [0.2, 0.25) is 0 Å². The van der Waals surface area contributed by atoms with Crippen LogP contribution in [0.15, 0.2) is 16.6 Å². The second-order valence-corrected chi connectivity index (χ2v) is 4.62. The summed E-state index contributed by atoms with van der Waals surface area (Å²) in [4.78, 5) is 10.5. The van der Waals surface area contributed by atoms with Gasteiger partial charge in [-0.05, 0) is 40.3 Å². The number of hydrogen-bond donors (Lipinski definition) is 1. The van der Waals surface area contributed by atoms with E-state index in [9.17, 15) is 4.79 Å². The van der Waals surface area contributed by atoms with Gasteiger partial charge in [0.25, 0.3) is 0 Å². The average Bonchev–Trinajstić information content (AvgIpc) is 2.10. The topological polar surface area (TPSA) is 61.1 Å². The number of carboxylic acid groups (broad SMARTS) is 1. The first-order valence-electron chi connectivity index (χ1n) is 3.64. The molecule has 1 rings (SSSR count). The molecular formula is C9H5BrINO2. The van der Waals surface area contributed by atoms with Crippen molar-refractivity contribution in [2.75, 3.05) is 0 Å². The van der Waals surface area contributed by atoms with E-state index in [0.29, 0.717) is 15.6 Å². The monoisotopic (exact) mass is 365 g/mol. The van der Waals surface area contributed by atoms with E-state index in [0.717, 1.165) is 3.57 Å². The van der Waals surface area contributed by atoms with Crippen LogP contribution in [0.1, 0.15) is 11.1 Å². The van der Waals surface area contributed by atoms with Crippen LogP contribution >= 0.6 is 38.5 Å². The molecule has 0 aliphatic heterocycles. The Morgan fingerprint density at radius 3 is 2.79 bits per heavy atom. The molecule has 0 unspecified atom stereocenters. The number of nitriles is 1. The highest BCUT2D eigenvalue weighted by Gasteiger charge is 2.09. The van der Waals surface area contributed by atoms with Gasteiger partial charge in [-0.15, -0.1) is 0 Å². The maximum absolute atomic E-state index is 10.5. The van der Waals surface area contributed by atoms with E-state index in [1.54, 1.807) is 12.1 Å². The Morgan fingerprint density at radius 1 is 1.64 bits per heavy atom. The SMILES string of the molecule is N#Cc1cc(Br)c(CC(=O)O)cc1I. The van der Waals surface area contributed by atoms with Gasteiger partial charge in [-0.2, -0.15) is 5.26 Å². The first-order valence-corrected chi connectivity index (χ1v) is 5.51. The molecule has 0 amide bonds. The van der Waals surface area contributed by atoms with Gasteiger partial charge < -0.3 is 5.11 Å². The summed E-state index contributed by atoms with van der Waals surface area (Å²) < 4.78 is 1.43. The molecule has 0 aliphatic rings. The predicted molar refractivity (Wildman–Crippen MR) is 62.9 cm³/mol. The fourth-order valence-corrected chi connectivity index (χ4v) is 2.11. The van der Waals surface area contributed by atoms with E-state index >= 15 is 0 Å². The third kappa shape index (κ3) is 2.69. The second-order valence-electron chi connectivity index (χ2n) is 2.61. The van der Waals surface area contributed by atoms with Gasteiger partial charge in [0.15, 0.2) is 0 Å². The number of hydrogen-bond acceptors (Lipinski definition) is 2. The van der Waals surface area contributed by atoms with Gasteiger partial charge >= 0.3 is 5.97 Å². The van der Waals surface area contributed by atoms with Crippen molar-refractivity contribution in [2.24, 2.45) is 0 Å². The Kier molecular flexibility index (Phi) is 3.89. The molecule has 0 atom stereocenters. The molecule has 0 saturated heterocycles. The quantitative estimate of drug-likeness (QED) is 0.819. The summed E-state index contributed by atoms with van der Waals surface area (Å²) in [6, 6.07) is 5.38. The van der Waals surface area contributed by atoms with Crippen LogP contribution in [0.5, 0.6) is 0 Å². The molecule has 0 aliphatic carbocycles. The molecule has 0 heterocycles. The van der Waals surface area contributed by atoms with Gasteiger partial charge in [-0.3, -0.25) is 4.79 Å². The Bertz CT molecular complexity index is 426. The number of benzene rings is 1. The van der Waals surface area contributed by atoms with E-state index in [1.807, 2.05) is 28.7 Å². The molecule has 72 valence electrons. The lowest BCUT2D eigenvalue weighted by molar-refractivity contribution is -0.136. The molecule has 0 bridgehead atoms. The minimum Gasteiger partial charge on any atom is -0.481 e. The Balaban J connectivity index is 3.16. The largest absolute Gasteiger partial charge is 0.481 e. The lowest BCUT2D eigenvalue weighted by atomic mass is 10.1. The molecule has 0 fully saturated rings. The molecule has 3 nitrogen and oxygen atoms in total. The van der Waals surface area contributed by atoms with Crippen LogP contribution < -0.4 is 0 Å². The molecule has 1 aromatic carbocycles. The van der Waals surface area contributed by atoms with Crippen molar-refractivity contribution in [2.45, 2.75) is 6.42 Å². The van der Waals surface area contributed by atoms with E-state index < -0.39 is 5.97 Å². The predicted octanol–water partition coefficient (Wildman–Crippen LogP) is 2.55. The van der Waals surface area contributed by atoms with Crippen LogP contribution in [0, 0.1) is 14.9 Å². The summed E-state index contributed by atoms with van der Waals surface area (Å²) >= 11 is 5.25. The Hall–Kier alpha value is -0.610. The van der Waals surface area contributed by atoms with Gasteiger partial charge in [0, 0.05) is 8.04 Å². The lowest BCUT2D eigenvalue weighted by Crippen LogP contribution is -2.01.